The van der Waals surface area contributed by atoms with Crippen LogP contribution in [-0.2, 0) is 0 Å². The first-order chi connectivity index (χ1) is 26.7. The summed E-state index contributed by atoms with van der Waals surface area (Å²) in [5, 5.41) is 8.15. The Morgan fingerprint density at radius 2 is 1.31 bits per heavy atom. The number of hydrogen-bond donors (Lipinski definition) is 3. The van der Waals surface area contributed by atoms with Crippen molar-refractivity contribution in [3.05, 3.63) is 97.4 Å². The third kappa shape index (κ3) is 6.72. The summed E-state index contributed by atoms with van der Waals surface area (Å²) >= 11 is 0. The van der Waals surface area contributed by atoms with Gasteiger partial charge < -0.3 is 28.8 Å². The number of aromatic amines is 2. The van der Waals surface area contributed by atoms with Crippen LogP contribution in [0.3, 0.4) is 0 Å². The van der Waals surface area contributed by atoms with Gasteiger partial charge in [-0.1, -0.05) is 27.2 Å². The molecule has 0 unspecified atom stereocenters. The van der Waals surface area contributed by atoms with Gasteiger partial charge in [0.25, 0.3) is 5.91 Å². The van der Waals surface area contributed by atoms with Crippen molar-refractivity contribution >= 4 is 45.5 Å². The van der Waals surface area contributed by atoms with Crippen LogP contribution in [0.25, 0.3) is 33.6 Å². The Balaban J connectivity index is 0.000000133. The molecule has 3 N–H and O–H groups in total. The van der Waals surface area contributed by atoms with Crippen LogP contribution in [0.15, 0.2) is 83.5 Å². The summed E-state index contributed by atoms with van der Waals surface area (Å²) in [6, 6.07) is 4.28. The van der Waals surface area contributed by atoms with E-state index in [1.54, 1.807) is 11.1 Å². The SMILES string of the molecule is CC[C@H]1C[C@@H](C)[C@@H](c2cnc3cnc4[nH]ccc4n23)C1.C[C@@H]1C[C@H](N(C)C(=O)c2cocn2)C[C@@H]1c1cnc2cnc3[nH]ccc3n12.O=C(O)c1cocn1. The third-order valence-electron chi connectivity index (χ3n) is 11.5. The first-order valence-electron chi connectivity index (χ1n) is 18.6. The first-order valence-corrected chi connectivity index (χ1v) is 18.6. The number of H-pyrrole nitrogens is 2. The third-order valence-corrected chi connectivity index (χ3v) is 11.5. The van der Waals surface area contributed by atoms with Crippen molar-refractivity contribution in [2.45, 2.75) is 70.8 Å². The van der Waals surface area contributed by atoms with E-state index in [0.29, 0.717) is 23.4 Å². The molecule has 0 saturated heterocycles. The van der Waals surface area contributed by atoms with Crippen molar-refractivity contribution in [1.29, 1.82) is 0 Å². The van der Waals surface area contributed by atoms with E-state index in [1.165, 1.54) is 43.3 Å². The molecule has 10 rings (SSSR count). The Hall–Kier alpha value is -6.32. The minimum Gasteiger partial charge on any atom is -0.476 e. The Labute approximate surface area is 315 Å². The fourth-order valence-corrected chi connectivity index (χ4v) is 8.56. The molecule has 0 bridgehead atoms. The van der Waals surface area contributed by atoms with Crippen molar-refractivity contribution in [2.75, 3.05) is 7.05 Å². The fraction of sp³-hybridized carbons (Fsp3) is 0.385. The van der Waals surface area contributed by atoms with Gasteiger partial charge >= 0.3 is 5.97 Å². The number of amides is 1. The number of oxazole rings is 2. The maximum Gasteiger partial charge on any atom is 0.357 e. The summed E-state index contributed by atoms with van der Waals surface area (Å²) in [6.07, 6.45) is 22.1. The van der Waals surface area contributed by atoms with Crippen molar-refractivity contribution in [1.82, 2.24) is 53.6 Å². The average Bonchev–Trinajstić information content (AvgIpc) is 4.03. The molecule has 16 nitrogen and oxygen atoms in total. The minimum atomic E-state index is -1.07. The number of fused-ring (bicyclic) bond motifs is 6. The number of aromatic carboxylic acids is 1. The Bertz CT molecular complexity index is 2550. The average molecular weight is 746 g/mol. The molecule has 0 radical (unpaired) electrons. The summed E-state index contributed by atoms with van der Waals surface area (Å²) in [6.45, 7) is 6.94. The first kappa shape index (κ1) is 35.7. The van der Waals surface area contributed by atoms with Gasteiger partial charge in [0.1, 0.15) is 12.5 Å². The molecule has 0 spiro atoms. The quantitative estimate of drug-likeness (QED) is 0.159. The zero-order valence-electron chi connectivity index (χ0n) is 31.0. The number of imidazole rings is 2. The highest BCUT2D eigenvalue weighted by Crippen LogP contribution is 2.45. The lowest BCUT2D eigenvalue weighted by atomic mass is 9.95. The molecule has 16 heteroatoms. The van der Waals surface area contributed by atoms with Crippen LogP contribution in [0, 0.1) is 17.8 Å². The summed E-state index contributed by atoms with van der Waals surface area (Å²) in [5.41, 5.74) is 8.58. The Kier molecular flexibility index (Phi) is 9.63. The predicted molar refractivity (Wildman–Crippen MR) is 202 cm³/mol. The number of carbonyl (C=O) groups excluding carboxylic acids is 1. The zero-order chi connectivity index (χ0) is 38.2. The largest absolute Gasteiger partial charge is 0.476 e. The molecule has 55 heavy (non-hydrogen) atoms. The van der Waals surface area contributed by atoms with Gasteiger partial charge in [0.15, 0.2) is 46.8 Å². The fourth-order valence-electron chi connectivity index (χ4n) is 8.56. The monoisotopic (exact) mass is 745 g/mol. The second-order valence-corrected chi connectivity index (χ2v) is 14.7. The molecule has 8 aromatic heterocycles. The molecule has 284 valence electrons. The molecular weight excluding hydrogens is 703 g/mol. The summed E-state index contributed by atoms with van der Waals surface area (Å²) in [4.78, 5) is 56.0. The highest BCUT2D eigenvalue weighted by molar-refractivity contribution is 5.92. The summed E-state index contributed by atoms with van der Waals surface area (Å²) < 4.78 is 13.8. The number of nitrogens with zero attached hydrogens (tertiary/aromatic N) is 9. The van der Waals surface area contributed by atoms with Crippen LogP contribution in [0.2, 0.25) is 0 Å². The number of carboxylic acid groups (broad SMARTS) is 1. The van der Waals surface area contributed by atoms with E-state index in [1.807, 2.05) is 37.9 Å². The lowest BCUT2D eigenvalue weighted by molar-refractivity contribution is 0.0688. The molecule has 2 saturated carbocycles. The van der Waals surface area contributed by atoms with E-state index in [4.69, 9.17) is 9.52 Å². The van der Waals surface area contributed by atoms with Crippen molar-refractivity contribution in [3.8, 4) is 0 Å². The number of carboxylic acids is 1. The maximum absolute atomic E-state index is 12.6. The lowest BCUT2D eigenvalue weighted by Gasteiger charge is -2.23. The molecule has 0 aromatic carbocycles. The smallest absolute Gasteiger partial charge is 0.357 e. The minimum absolute atomic E-state index is 0.0648. The number of hydrogen-bond acceptors (Lipinski definition) is 10. The molecule has 8 heterocycles. The van der Waals surface area contributed by atoms with Crippen molar-refractivity contribution in [2.24, 2.45) is 17.8 Å². The van der Waals surface area contributed by atoms with Crippen LogP contribution in [0.5, 0.6) is 0 Å². The van der Waals surface area contributed by atoms with Crippen LogP contribution < -0.4 is 0 Å². The lowest BCUT2D eigenvalue weighted by Crippen LogP contribution is -2.35. The molecular formula is C39H43N11O5. The predicted octanol–water partition coefficient (Wildman–Crippen LogP) is 6.98. The molecule has 8 aromatic rings. The number of rotatable bonds is 6. The number of aromatic nitrogens is 10. The molecule has 0 aliphatic heterocycles. The van der Waals surface area contributed by atoms with Crippen molar-refractivity contribution in [3.63, 3.8) is 0 Å². The maximum atomic E-state index is 12.6. The molecule has 2 fully saturated rings. The highest BCUT2D eigenvalue weighted by Gasteiger charge is 2.38. The van der Waals surface area contributed by atoms with E-state index in [2.05, 4.69) is 86.1 Å². The number of nitrogens with one attached hydrogen (secondary N) is 2. The standard InChI is InChI=1S/C19H20N6O2.C16H20N4.C4H3NO3/c1-11-5-12(24(2)19(26)14-9-27-10-23-14)6-13(11)16-7-21-17-8-22-18-15(25(16)17)3-4-20-18;1-3-11-6-10(2)12(7-11)14-8-18-15-9-19-16-13(20(14)15)4-5-17-16;6-4(7)3-1-8-2-5-3/h3-4,7-13,20H,5-6H2,1-2H3;4-5,8-12,17H,3,6-7H2,1-2H3;1-2H,(H,6,7)/t11-,12+,13+;10-,11+,12+;/m11./s1. The molecule has 6 atom stereocenters. The van der Waals surface area contributed by atoms with Gasteiger partial charge in [0.2, 0.25) is 0 Å². The van der Waals surface area contributed by atoms with E-state index >= 15 is 0 Å². The van der Waals surface area contributed by atoms with Gasteiger partial charge in [-0.05, 0) is 55.6 Å². The Morgan fingerprint density at radius 3 is 1.80 bits per heavy atom. The second-order valence-electron chi connectivity index (χ2n) is 14.7. The van der Waals surface area contributed by atoms with Gasteiger partial charge in [-0.25, -0.2) is 34.7 Å². The van der Waals surface area contributed by atoms with Gasteiger partial charge in [-0.2, -0.15) is 0 Å². The van der Waals surface area contributed by atoms with Gasteiger partial charge in [0, 0.05) is 61.1 Å². The molecule has 2 aliphatic rings. The van der Waals surface area contributed by atoms with Crippen LogP contribution in [-0.4, -0.2) is 83.6 Å². The normalized spacial score (nSPS) is 22.2. The zero-order valence-corrected chi connectivity index (χ0v) is 31.0. The van der Waals surface area contributed by atoms with Gasteiger partial charge in [-0.3, -0.25) is 13.6 Å². The molecule has 1 amide bonds. The summed E-state index contributed by atoms with van der Waals surface area (Å²) in [5.74, 6) is 1.81. The van der Waals surface area contributed by atoms with E-state index < -0.39 is 5.97 Å². The number of carbonyl (C=O) groups is 2. The van der Waals surface area contributed by atoms with Crippen LogP contribution in [0.1, 0.15) is 97.1 Å². The Morgan fingerprint density at radius 1 is 0.764 bits per heavy atom. The van der Waals surface area contributed by atoms with Gasteiger partial charge in [-0.15, -0.1) is 0 Å². The molecule has 2 aliphatic carbocycles. The van der Waals surface area contributed by atoms with Crippen molar-refractivity contribution < 1.29 is 23.5 Å². The van der Waals surface area contributed by atoms with Crippen LogP contribution >= 0.6 is 0 Å². The summed E-state index contributed by atoms with van der Waals surface area (Å²) in [7, 11) is 1.85. The highest BCUT2D eigenvalue weighted by atomic mass is 16.4. The topological polar surface area (TPSA) is 202 Å². The second kappa shape index (κ2) is 14.8. The van der Waals surface area contributed by atoms with E-state index in [9.17, 15) is 9.59 Å². The van der Waals surface area contributed by atoms with E-state index in [-0.39, 0.29) is 17.6 Å². The van der Waals surface area contributed by atoms with E-state index in [0.717, 1.165) is 71.0 Å². The van der Waals surface area contributed by atoms with Crippen LogP contribution in [0.4, 0.5) is 0 Å². The van der Waals surface area contributed by atoms with Gasteiger partial charge in [0.05, 0.1) is 23.4 Å².